The Bertz CT molecular complexity index is 1100. The third kappa shape index (κ3) is 42.0. The highest BCUT2D eigenvalue weighted by Gasteiger charge is 2.26. The Morgan fingerprint density at radius 1 is 0.552 bits per heavy atom. The van der Waals surface area contributed by atoms with Crippen molar-refractivity contribution in [2.75, 3.05) is 13.7 Å². The molecule has 0 spiro atoms. The second-order valence-electron chi connectivity index (χ2n) is 12.1. The van der Waals surface area contributed by atoms with Gasteiger partial charge in [0.1, 0.15) is 42.6 Å². The van der Waals surface area contributed by atoms with Crippen LogP contribution in [0.25, 0.3) is 0 Å². The molecule has 1 aromatic rings. The molecular weight excluding hydrogens is 731 g/mol. The van der Waals surface area contributed by atoms with Gasteiger partial charge in [-0.1, -0.05) is 116 Å². The Morgan fingerprint density at radius 3 is 1.34 bits per heavy atom. The highest BCUT2D eigenvalue weighted by Crippen LogP contribution is 2.19. The largest absolute Gasteiger partial charge is 0.491 e. The Labute approximate surface area is 364 Å². The average molecular weight is 829 g/mol. The number of unbranched alkanes of at least 4 members (excludes halogenated alkanes) is 6. The van der Waals surface area contributed by atoms with Crippen LogP contribution in [0, 0.1) is 0 Å². The van der Waals surface area contributed by atoms with Crippen LogP contribution in [-0.2, 0) is 38.1 Å². The number of rotatable bonds is 30. The van der Waals surface area contributed by atoms with Crippen molar-refractivity contribution < 1.29 is 44.3 Å². The van der Waals surface area contributed by atoms with Gasteiger partial charge in [0, 0.05) is 23.4 Å². The highest BCUT2D eigenvalue weighted by atomic mass is 16.6. The molecule has 1 aromatic carbocycles. The first-order valence-corrected chi connectivity index (χ1v) is 17.3. The molecule has 4 atom stereocenters. The molecule has 0 saturated carbocycles. The number of benzene rings is 1. The lowest BCUT2D eigenvalue weighted by Crippen LogP contribution is -2.30. The summed E-state index contributed by atoms with van der Waals surface area (Å²) in [5, 5.41) is 0. The molecule has 0 amide bonds. The molecule has 0 aliphatic carbocycles. The van der Waals surface area contributed by atoms with Gasteiger partial charge < -0.3 is 23.7 Å². The molecule has 0 aliphatic heterocycles. The van der Waals surface area contributed by atoms with Crippen LogP contribution in [0.3, 0.4) is 0 Å². The van der Waals surface area contributed by atoms with Crippen LogP contribution in [0.4, 0.5) is 0 Å². The monoisotopic (exact) mass is 829 g/mol. The van der Waals surface area contributed by atoms with Crippen LogP contribution in [0.2, 0.25) is 0 Å². The van der Waals surface area contributed by atoms with Gasteiger partial charge in [0.25, 0.3) is 0 Å². The number of ether oxygens (including phenoxy) is 5. The lowest BCUT2D eigenvalue weighted by molar-refractivity contribution is -0.162. The van der Waals surface area contributed by atoms with Gasteiger partial charge in [-0.25, -0.2) is 0 Å². The van der Waals surface area contributed by atoms with Crippen molar-refractivity contribution in [3.05, 3.63) is 68.3 Å². The Balaban J connectivity index is -0.000000233. The minimum Gasteiger partial charge on any atom is -0.491 e. The maximum Gasteiger partial charge on any atom is 0.309 e. The molecule has 3 radical (unpaired) electrons. The van der Waals surface area contributed by atoms with Crippen LogP contribution >= 0.6 is 0 Å². The summed E-state index contributed by atoms with van der Waals surface area (Å²) in [6, 6.07) is 9.24. The van der Waals surface area contributed by atoms with Crippen molar-refractivity contribution in [2.45, 2.75) is 201 Å². The predicted octanol–water partition coefficient (Wildman–Crippen LogP) is 13.8. The standard InChI is InChI=1S/C39H58O9.9CH4.B.H2/c1-6-9-12-14-15-18-25-35(48-39(43)29-36(44-5)30-45-32-22-19-16-20-23-32)28-38(42)47-34(24-17-13-10-7-2)27-37(41)46-33(21-11-8-3)26-31(4)40;;;;;;;;;;;/h6-8,16,19-20,22-23,33-36H,1-3,9-15,17-18,21,24-30H2,4-5H3;9*1H4;;1H/i;;;;;;;;;;;1+1. The van der Waals surface area contributed by atoms with Gasteiger partial charge in [-0.2, -0.15) is 0 Å². The summed E-state index contributed by atoms with van der Waals surface area (Å²) in [6.07, 6.45) is 11.8. The first-order chi connectivity index (χ1) is 23.2. The van der Waals surface area contributed by atoms with E-state index in [9.17, 15) is 19.2 Å². The van der Waals surface area contributed by atoms with E-state index in [1.54, 1.807) is 6.08 Å². The van der Waals surface area contributed by atoms with Crippen LogP contribution < -0.4 is 4.74 Å². The molecule has 0 aromatic heterocycles. The average Bonchev–Trinajstić information content (AvgIpc) is 3.05. The number of para-hydroxylation sites is 1. The SMILES string of the molecule is C.C.C.C.C.C.C.C.C.C=CCCCCCCC(CC(=O)OC(CCCCC=C)CC(=O)OC(CCC=C)CC(C)=O)OC(=O)CC(COc1ccccc1)OC.[2HH].[B]. The van der Waals surface area contributed by atoms with Crippen LogP contribution in [0.15, 0.2) is 68.3 Å². The van der Waals surface area contributed by atoms with E-state index < -0.39 is 42.3 Å². The van der Waals surface area contributed by atoms with E-state index in [4.69, 9.17) is 23.7 Å². The summed E-state index contributed by atoms with van der Waals surface area (Å²) >= 11 is 0. The van der Waals surface area contributed by atoms with E-state index in [0.29, 0.717) is 31.4 Å². The van der Waals surface area contributed by atoms with Crippen molar-refractivity contribution in [3.8, 4) is 5.75 Å². The Kier molecular flexibility index (Phi) is 69.6. The van der Waals surface area contributed by atoms with Crippen LogP contribution in [0.5, 0.6) is 5.75 Å². The van der Waals surface area contributed by atoms with Gasteiger partial charge >= 0.3 is 17.9 Å². The highest BCUT2D eigenvalue weighted by molar-refractivity contribution is 5.77. The smallest absolute Gasteiger partial charge is 0.309 e. The molecule has 0 bridgehead atoms. The minimum absolute atomic E-state index is 0. The number of ketones is 1. The molecule has 0 aliphatic rings. The molecule has 0 heterocycles. The number of allylic oxidation sites excluding steroid dienone is 3. The number of methoxy groups -OCH3 is 1. The maximum atomic E-state index is 13.2. The van der Waals surface area contributed by atoms with E-state index in [2.05, 4.69) is 19.7 Å². The summed E-state index contributed by atoms with van der Waals surface area (Å²) in [4.78, 5) is 50.9. The van der Waals surface area contributed by atoms with E-state index in [1.165, 1.54) is 14.0 Å². The van der Waals surface area contributed by atoms with E-state index in [0.717, 1.165) is 51.4 Å². The molecular formula is C48H96BO9. The normalized spacial score (nSPS) is 11.0. The fourth-order valence-corrected chi connectivity index (χ4v) is 5.08. The molecule has 9 nitrogen and oxygen atoms in total. The Hall–Kier alpha value is -3.66. The topological polar surface area (TPSA) is 114 Å². The molecule has 10 heteroatoms. The number of esters is 3. The predicted molar refractivity (Wildman–Crippen MR) is 256 cm³/mol. The third-order valence-electron chi connectivity index (χ3n) is 7.67. The van der Waals surface area contributed by atoms with Crippen molar-refractivity contribution in [3.63, 3.8) is 0 Å². The molecule has 345 valence electrons. The number of hydrogen-bond acceptors (Lipinski definition) is 9. The lowest BCUT2D eigenvalue weighted by atomic mass is 10.0. The van der Waals surface area contributed by atoms with Crippen LogP contribution in [-0.4, -0.2) is 70.2 Å². The number of carbonyl (C=O) groups is 4. The Morgan fingerprint density at radius 2 is 0.931 bits per heavy atom. The van der Waals surface area contributed by atoms with E-state index in [-0.39, 0.29) is 115 Å². The van der Waals surface area contributed by atoms with Crippen molar-refractivity contribution in [2.24, 2.45) is 0 Å². The second kappa shape index (κ2) is 51.4. The van der Waals surface area contributed by atoms with Crippen molar-refractivity contribution in [1.29, 1.82) is 0 Å². The molecule has 0 saturated heterocycles. The number of hydrogen-bond donors (Lipinski definition) is 0. The minimum atomic E-state index is -0.713. The summed E-state index contributed by atoms with van der Waals surface area (Å²) in [7, 11) is 1.51. The zero-order valence-electron chi connectivity index (χ0n) is 29.8. The van der Waals surface area contributed by atoms with Crippen LogP contribution in [0.1, 0.15) is 178 Å². The zero-order valence-corrected chi connectivity index (χ0v) is 29.8. The fraction of sp³-hybridized carbons (Fsp3) is 0.667. The van der Waals surface area contributed by atoms with Gasteiger partial charge in [-0.05, 0) is 83.3 Å². The molecule has 0 fully saturated rings. The van der Waals surface area contributed by atoms with Gasteiger partial charge in [0.2, 0.25) is 0 Å². The summed E-state index contributed by atoms with van der Waals surface area (Å²) in [5.74, 6) is -0.991. The number of Topliss-reactive ketones (excluding diaryl/α,β-unsaturated/α-hetero) is 1. The zero-order chi connectivity index (χ0) is 35.4. The fourth-order valence-electron chi connectivity index (χ4n) is 5.08. The van der Waals surface area contributed by atoms with E-state index in [1.807, 2.05) is 42.5 Å². The van der Waals surface area contributed by atoms with E-state index >= 15 is 0 Å². The maximum absolute atomic E-state index is 13.2. The summed E-state index contributed by atoms with van der Waals surface area (Å²) in [5.41, 5.74) is 0. The molecule has 0 N–H and O–H groups in total. The molecule has 58 heavy (non-hydrogen) atoms. The van der Waals surface area contributed by atoms with Gasteiger partial charge in [-0.15, -0.1) is 19.7 Å². The van der Waals surface area contributed by atoms with Gasteiger partial charge in [0.05, 0.1) is 19.3 Å². The first kappa shape index (κ1) is 78.6. The van der Waals surface area contributed by atoms with Gasteiger partial charge in [-0.3, -0.25) is 19.2 Å². The number of carbonyl (C=O) groups excluding carboxylic acids is 4. The second-order valence-corrected chi connectivity index (χ2v) is 12.1. The van der Waals surface area contributed by atoms with Gasteiger partial charge in [0.15, 0.2) is 0 Å². The van der Waals surface area contributed by atoms with Crippen molar-refractivity contribution in [1.82, 2.24) is 0 Å². The first-order valence-electron chi connectivity index (χ1n) is 17.3. The molecule has 4 unspecified atom stereocenters. The molecule has 1 rings (SSSR count). The summed E-state index contributed by atoms with van der Waals surface area (Å²) < 4.78 is 28.4. The lowest BCUT2D eigenvalue weighted by Gasteiger charge is -2.23. The van der Waals surface area contributed by atoms with Crippen molar-refractivity contribution >= 4 is 32.1 Å². The third-order valence-corrected chi connectivity index (χ3v) is 7.67. The quantitative estimate of drug-likeness (QED) is 0.0246. The summed E-state index contributed by atoms with van der Waals surface area (Å²) in [6.45, 7) is 12.8.